The molecule has 1 aromatic carbocycles. The van der Waals surface area contributed by atoms with Crippen LogP contribution in [0.5, 0.6) is 0 Å². The third-order valence-electron chi connectivity index (χ3n) is 3.92. The van der Waals surface area contributed by atoms with Crippen LogP contribution in [0, 0.1) is 0 Å². The molecule has 126 valence electrons. The predicted molar refractivity (Wildman–Crippen MR) is 80.4 cm³/mol. The molecule has 0 spiro atoms. The molecule has 1 unspecified atom stereocenters. The Kier molecular flexibility index (Phi) is 5.27. The van der Waals surface area contributed by atoms with E-state index in [0.29, 0.717) is 19.6 Å². The highest BCUT2D eigenvalue weighted by Crippen LogP contribution is 2.30. The first-order chi connectivity index (χ1) is 11.1. The van der Waals surface area contributed by atoms with Gasteiger partial charge in [-0.15, -0.1) is 0 Å². The summed E-state index contributed by atoms with van der Waals surface area (Å²) in [6.45, 7) is 4.05. The van der Waals surface area contributed by atoms with Gasteiger partial charge in [0.25, 0.3) is 0 Å². The second kappa shape index (κ2) is 7.40. The summed E-state index contributed by atoms with van der Waals surface area (Å²) in [5.41, 5.74) is 1.06. The maximum atomic E-state index is 11.4. The van der Waals surface area contributed by atoms with Crippen LogP contribution >= 0.6 is 0 Å². The Morgan fingerprint density at radius 2 is 2.04 bits per heavy atom. The van der Waals surface area contributed by atoms with Gasteiger partial charge in [0, 0.05) is 13.3 Å². The van der Waals surface area contributed by atoms with Crippen molar-refractivity contribution >= 4 is 5.97 Å². The molecular weight excluding hydrogens is 300 g/mol. The summed E-state index contributed by atoms with van der Waals surface area (Å²) in [5, 5.41) is 0. The molecule has 0 radical (unpaired) electrons. The third-order valence-corrected chi connectivity index (χ3v) is 3.92. The normalized spacial score (nSPS) is 33.7. The van der Waals surface area contributed by atoms with Gasteiger partial charge in [-0.3, -0.25) is 4.79 Å². The maximum absolute atomic E-state index is 11.4. The minimum absolute atomic E-state index is 0.301. The summed E-state index contributed by atoms with van der Waals surface area (Å²) >= 11 is 0. The molecule has 2 heterocycles. The van der Waals surface area contributed by atoms with Crippen molar-refractivity contribution in [3.05, 3.63) is 35.9 Å². The molecule has 3 rings (SSSR count). The van der Waals surface area contributed by atoms with Gasteiger partial charge in [-0.05, 0) is 12.5 Å². The molecule has 0 N–H and O–H groups in total. The summed E-state index contributed by atoms with van der Waals surface area (Å²) in [6, 6.07) is 9.86. The van der Waals surface area contributed by atoms with Crippen LogP contribution in [0.15, 0.2) is 30.3 Å². The van der Waals surface area contributed by atoms with Crippen LogP contribution in [-0.4, -0.2) is 43.5 Å². The summed E-state index contributed by atoms with van der Waals surface area (Å²) < 4.78 is 28.4. The van der Waals surface area contributed by atoms with Crippen LogP contribution in [0.25, 0.3) is 0 Å². The van der Waals surface area contributed by atoms with Crippen molar-refractivity contribution in [3.8, 4) is 0 Å². The van der Waals surface area contributed by atoms with Crippen LogP contribution in [0.2, 0.25) is 0 Å². The Bertz CT molecular complexity index is 519. The number of hydrogen-bond acceptors (Lipinski definition) is 6. The largest absolute Gasteiger partial charge is 0.459 e. The molecule has 0 aromatic heterocycles. The van der Waals surface area contributed by atoms with Crippen molar-refractivity contribution in [2.45, 2.75) is 57.8 Å². The lowest BCUT2D eigenvalue weighted by Crippen LogP contribution is -2.57. The fourth-order valence-electron chi connectivity index (χ4n) is 2.89. The maximum Gasteiger partial charge on any atom is 0.302 e. The molecule has 6 heteroatoms. The Morgan fingerprint density at radius 1 is 1.26 bits per heavy atom. The number of esters is 1. The average Bonchev–Trinajstić information content (AvgIpc) is 2.54. The minimum Gasteiger partial charge on any atom is -0.459 e. The second-order valence-electron chi connectivity index (χ2n) is 5.79. The molecule has 0 saturated carbocycles. The molecule has 2 aliphatic rings. The zero-order chi connectivity index (χ0) is 16.2. The summed E-state index contributed by atoms with van der Waals surface area (Å²) in [5.74, 6) is -0.333. The van der Waals surface area contributed by atoms with Gasteiger partial charge in [-0.1, -0.05) is 30.3 Å². The SMILES string of the molecule is CC(=O)O[C@H]1C[C@H](OCc2ccccc2)O[C@@H]2COC(C)O[C@@H]12. The Balaban J connectivity index is 1.62. The second-order valence-corrected chi connectivity index (χ2v) is 5.79. The van der Waals surface area contributed by atoms with Gasteiger partial charge >= 0.3 is 5.97 Å². The first-order valence-corrected chi connectivity index (χ1v) is 7.87. The topological polar surface area (TPSA) is 63.2 Å². The molecule has 0 bridgehead atoms. The monoisotopic (exact) mass is 322 g/mol. The molecule has 2 fully saturated rings. The Morgan fingerprint density at radius 3 is 2.78 bits per heavy atom. The van der Waals surface area contributed by atoms with Crippen molar-refractivity contribution < 1.29 is 28.5 Å². The van der Waals surface area contributed by atoms with E-state index in [2.05, 4.69) is 0 Å². The van der Waals surface area contributed by atoms with Crippen molar-refractivity contribution in [3.63, 3.8) is 0 Å². The van der Waals surface area contributed by atoms with Gasteiger partial charge in [0.05, 0.1) is 13.2 Å². The zero-order valence-corrected chi connectivity index (χ0v) is 13.3. The van der Waals surface area contributed by atoms with Gasteiger partial charge in [0.2, 0.25) is 0 Å². The number of benzene rings is 1. The van der Waals surface area contributed by atoms with E-state index in [-0.39, 0.29) is 24.5 Å². The fourth-order valence-corrected chi connectivity index (χ4v) is 2.89. The molecule has 2 aliphatic heterocycles. The molecule has 23 heavy (non-hydrogen) atoms. The van der Waals surface area contributed by atoms with Gasteiger partial charge < -0.3 is 23.7 Å². The highest BCUT2D eigenvalue weighted by Gasteiger charge is 2.45. The van der Waals surface area contributed by atoms with Crippen molar-refractivity contribution in [1.29, 1.82) is 0 Å². The van der Waals surface area contributed by atoms with Gasteiger partial charge in [0.1, 0.15) is 18.3 Å². The first kappa shape index (κ1) is 16.4. The molecule has 0 amide bonds. The number of carbonyl (C=O) groups is 1. The lowest BCUT2D eigenvalue weighted by Gasteiger charge is -2.44. The molecule has 5 atom stereocenters. The van der Waals surface area contributed by atoms with E-state index in [1.54, 1.807) is 0 Å². The van der Waals surface area contributed by atoms with Crippen LogP contribution in [0.3, 0.4) is 0 Å². The van der Waals surface area contributed by atoms with Crippen molar-refractivity contribution in [2.75, 3.05) is 6.61 Å². The zero-order valence-electron chi connectivity index (χ0n) is 13.3. The smallest absolute Gasteiger partial charge is 0.302 e. The van der Waals surface area contributed by atoms with E-state index in [1.807, 2.05) is 37.3 Å². The van der Waals surface area contributed by atoms with Gasteiger partial charge in [-0.25, -0.2) is 0 Å². The summed E-state index contributed by atoms with van der Waals surface area (Å²) in [6.07, 6.45) is -1.36. The average molecular weight is 322 g/mol. The number of fused-ring (bicyclic) bond motifs is 1. The van der Waals surface area contributed by atoms with Gasteiger partial charge in [0.15, 0.2) is 12.6 Å². The molecule has 6 nitrogen and oxygen atoms in total. The van der Waals surface area contributed by atoms with Crippen molar-refractivity contribution in [1.82, 2.24) is 0 Å². The van der Waals surface area contributed by atoms with Crippen LogP contribution in [0.1, 0.15) is 25.8 Å². The molecule has 1 aromatic rings. The molecule has 2 saturated heterocycles. The van der Waals surface area contributed by atoms with Crippen LogP contribution < -0.4 is 0 Å². The highest BCUT2D eigenvalue weighted by molar-refractivity contribution is 5.66. The predicted octanol–water partition coefficient (Wildman–Crippen LogP) is 2.01. The number of carbonyl (C=O) groups excluding carboxylic acids is 1. The quantitative estimate of drug-likeness (QED) is 0.790. The minimum atomic E-state index is -0.457. The fraction of sp³-hybridized carbons (Fsp3) is 0.588. The number of ether oxygens (including phenoxy) is 5. The van der Waals surface area contributed by atoms with E-state index in [0.717, 1.165) is 5.56 Å². The highest BCUT2D eigenvalue weighted by atomic mass is 16.7. The van der Waals surface area contributed by atoms with Crippen molar-refractivity contribution in [2.24, 2.45) is 0 Å². The third kappa shape index (κ3) is 4.29. The Labute approximate surface area is 135 Å². The lowest BCUT2D eigenvalue weighted by atomic mass is 10.0. The van der Waals surface area contributed by atoms with E-state index < -0.39 is 12.4 Å². The Hall–Kier alpha value is -1.47. The standard InChI is InChI=1S/C17H22O6/c1-11(18)21-14-8-16(20-9-13-6-4-3-5-7-13)23-15-10-19-12(2)22-17(14)15/h3-7,12,14-17H,8-10H2,1-2H3/t12?,14-,15+,16+,17-/m0/s1. The van der Waals surface area contributed by atoms with E-state index in [9.17, 15) is 4.79 Å². The van der Waals surface area contributed by atoms with E-state index in [4.69, 9.17) is 23.7 Å². The number of rotatable bonds is 4. The van der Waals surface area contributed by atoms with Crippen LogP contribution in [0.4, 0.5) is 0 Å². The molecule has 0 aliphatic carbocycles. The molecular formula is C17H22O6. The first-order valence-electron chi connectivity index (χ1n) is 7.87. The van der Waals surface area contributed by atoms with E-state index in [1.165, 1.54) is 6.92 Å². The lowest BCUT2D eigenvalue weighted by molar-refractivity contribution is -0.332. The summed E-state index contributed by atoms with van der Waals surface area (Å²) in [7, 11) is 0. The van der Waals surface area contributed by atoms with Crippen LogP contribution in [-0.2, 0) is 35.1 Å². The summed E-state index contributed by atoms with van der Waals surface area (Å²) in [4.78, 5) is 11.4. The van der Waals surface area contributed by atoms with E-state index >= 15 is 0 Å². The van der Waals surface area contributed by atoms with Gasteiger partial charge in [-0.2, -0.15) is 0 Å². The number of hydrogen-bond donors (Lipinski definition) is 0.